The van der Waals surface area contributed by atoms with Crippen LogP contribution in [-0.4, -0.2) is 25.4 Å². The SMILES string of the molecule is Cc1ccc(NS(=O)(=O)c2ccc(NC(=O)CCC(=O)O)cc2)cc1C. The normalized spacial score (nSPS) is 11.0. The van der Waals surface area contributed by atoms with Crippen LogP contribution in [0.3, 0.4) is 0 Å². The van der Waals surface area contributed by atoms with Crippen molar-refractivity contribution in [1.82, 2.24) is 0 Å². The summed E-state index contributed by atoms with van der Waals surface area (Å²) in [6, 6.07) is 10.9. The van der Waals surface area contributed by atoms with E-state index in [4.69, 9.17) is 5.11 Å². The first-order chi connectivity index (χ1) is 12.2. The van der Waals surface area contributed by atoms with E-state index in [1.54, 1.807) is 12.1 Å². The lowest BCUT2D eigenvalue weighted by Crippen LogP contribution is -2.14. The second-order valence-corrected chi connectivity index (χ2v) is 7.55. The van der Waals surface area contributed by atoms with E-state index in [1.807, 2.05) is 19.9 Å². The maximum atomic E-state index is 12.4. The van der Waals surface area contributed by atoms with Gasteiger partial charge in [-0.05, 0) is 61.4 Å². The number of hydrogen-bond donors (Lipinski definition) is 3. The van der Waals surface area contributed by atoms with E-state index >= 15 is 0 Å². The Balaban J connectivity index is 2.07. The number of carboxylic acid groups (broad SMARTS) is 1. The van der Waals surface area contributed by atoms with Gasteiger partial charge in [-0.2, -0.15) is 0 Å². The van der Waals surface area contributed by atoms with Gasteiger partial charge in [-0.1, -0.05) is 6.07 Å². The number of hydrogen-bond acceptors (Lipinski definition) is 4. The smallest absolute Gasteiger partial charge is 0.303 e. The molecule has 3 N–H and O–H groups in total. The zero-order valence-electron chi connectivity index (χ0n) is 14.4. The monoisotopic (exact) mass is 376 g/mol. The number of rotatable bonds is 7. The third-order valence-corrected chi connectivity index (χ3v) is 5.17. The standard InChI is InChI=1S/C18H20N2O5S/c1-12-3-4-15(11-13(12)2)20-26(24,25)16-7-5-14(6-8-16)19-17(21)9-10-18(22)23/h3-8,11,20H,9-10H2,1-2H3,(H,19,21)(H,22,23). The number of carbonyl (C=O) groups excluding carboxylic acids is 1. The molecule has 2 rings (SSSR count). The minimum atomic E-state index is -3.75. The Morgan fingerprint density at radius 3 is 2.12 bits per heavy atom. The summed E-state index contributed by atoms with van der Waals surface area (Å²) < 4.78 is 27.4. The number of carbonyl (C=O) groups is 2. The van der Waals surface area contributed by atoms with E-state index in [1.165, 1.54) is 24.3 Å². The van der Waals surface area contributed by atoms with Gasteiger partial charge in [0.2, 0.25) is 5.91 Å². The molecule has 26 heavy (non-hydrogen) atoms. The van der Waals surface area contributed by atoms with Gasteiger partial charge in [-0.25, -0.2) is 8.42 Å². The number of anilines is 2. The number of nitrogens with one attached hydrogen (secondary N) is 2. The Morgan fingerprint density at radius 2 is 1.54 bits per heavy atom. The molecule has 0 aromatic heterocycles. The molecule has 0 atom stereocenters. The third-order valence-electron chi connectivity index (χ3n) is 3.77. The highest BCUT2D eigenvalue weighted by atomic mass is 32.2. The lowest BCUT2D eigenvalue weighted by Gasteiger charge is -2.11. The zero-order chi connectivity index (χ0) is 19.3. The van der Waals surface area contributed by atoms with Crippen molar-refractivity contribution in [3.8, 4) is 0 Å². The van der Waals surface area contributed by atoms with Gasteiger partial charge < -0.3 is 10.4 Å². The van der Waals surface area contributed by atoms with E-state index in [0.717, 1.165) is 11.1 Å². The second-order valence-electron chi connectivity index (χ2n) is 5.87. The Hall–Kier alpha value is -2.87. The van der Waals surface area contributed by atoms with Gasteiger partial charge >= 0.3 is 5.97 Å². The quantitative estimate of drug-likeness (QED) is 0.688. The van der Waals surface area contributed by atoms with Crippen LogP contribution in [0.4, 0.5) is 11.4 Å². The average Bonchev–Trinajstić information content (AvgIpc) is 2.56. The highest BCUT2D eigenvalue weighted by Gasteiger charge is 2.15. The first kappa shape index (κ1) is 19.5. The molecule has 2 aromatic rings. The van der Waals surface area contributed by atoms with Gasteiger partial charge in [0.25, 0.3) is 10.0 Å². The lowest BCUT2D eigenvalue weighted by atomic mass is 10.1. The van der Waals surface area contributed by atoms with Gasteiger partial charge in [0.15, 0.2) is 0 Å². The highest BCUT2D eigenvalue weighted by molar-refractivity contribution is 7.92. The number of sulfonamides is 1. The molecule has 0 bridgehead atoms. The van der Waals surface area contributed by atoms with E-state index in [2.05, 4.69) is 10.0 Å². The molecule has 0 radical (unpaired) electrons. The van der Waals surface area contributed by atoms with Crippen LogP contribution < -0.4 is 10.0 Å². The predicted octanol–water partition coefficient (Wildman–Crippen LogP) is 2.91. The summed E-state index contributed by atoms with van der Waals surface area (Å²) in [4.78, 5) is 22.1. The van der Waals surface area contributed by atoms with Crippen LogP contribution in [0.1, 0.15) is 24.0 Å². The molecule has 2 aromatic carbocycles. The molecule has 138 valence electrons. The fourth-order valence-corrected chi connectivity index (χ4v) is 3.23. The molecule has 0 fully saturated rings. The first-order valence-electron chi connectivity index (χ1n) is 7.89. The van der Waals surface area contributed by atoms with Crippen molar-refractivity contribution in [2.24, 2.45) is 0 Å². The fourth-order valence-electron chi connectivity index (χ4n) is 2.18. The van der Waals surface area contributed by atoms with Gasteiger partial charge in [0.05, 0.1) is 11.3 Å². The second kappa shape index (κ2) is 8.01. The molecule has 0 aliphatic rings. The summed E-state index contributed by atoms with van der Waals surface area (Å²) in [5.74, 6) is -1.50. The topological polar surface area (TPSA) is 113 Å². The number of amides is 1. The molecule has 0 saturated heterocycles. The zero-order valence-corrected chi connectivity index (χ0v) is 15.3. The van der Waals surface area contributed by atoms with Crippen LogP contribution in [0, 0.1) is 13.8 Å². The minimum absolute atomic E-state index is 0.0549. The first-order valence-corrected chi connectivity index (χ1v) is 9.37. The predicted molar refractivity (Wildman–Crippen MR) is 98.7 cm³/mol. The van der Waals surface area contributed by atoms with E-state index in [9.17, 15) is 18.0 Å². The fraction of sp³-hybridized carbons (Fsp3) is 0.222. The molecule has 0 unspecified atom stereocenters. The number of carboxylic acids is 1. The molecule has 1 amide bonds. The molecule has 0 aliphatic carbocycles. The van der Waals surface area contributed by atoms with Gasteiger partial charge in [0.1, 0.15) is 0 Å². The molecule has 0 spiro atoms. The van der Waals surface area contributed by atoms with Crippen LogP contribution in [0.25, 0.3) is 0 Å². The molecule has 7 nitrogen and oxygen atoms in total. The molecule has 0 aliphatic heterocycles. The van der Waals surface area contributed by atoms with Crippen molar-refractivity contribution in [3.05, 3.63) is 53.6 Å². The van der Waals surface area contributed by atoms with Crippen molar-refractivity contribution in [2.45, 2.75) is 31.6 Å². The minimum Gasteiger partial charge on any atom is -0.481 e. The maximum Gasteiger partial charge on any atom is 0.303 e. The summed E-state index contributed by atoms with van der Waals surface area (Å²) in [5.41, 5.74) is 2.91. The Morgan fingerprint density at radius 1 is 0.923 bits per heavy atom. The van der Waals surface area contributed by atoms with Crippen molar-refractivity contribution < 1.29 is 23.1 Å². The van der Waals surface area contributed by atoms with Crippen LogP contribution in [-0.2, 0) is 19.6 Å². The molecular weight excluding hydrogens is 356 g/mol. The Labute approximate surface area is 152 Å². The number of aryl methyl sites for hydroxylation is 2. The van der Waals surface area contributed by atoms with E-state index in [-0.39, 0.29) is 17.7 Å². The van der Waals surface area contributed by atoms with Gasteiger partial charge in [-0.3, -0.25) is 14.3 Å². The largest absolute Gasteiger partial charge is 0.481 e. The summed E-state index contributed by atoms with van der Waals surface area (Å²) in [7, 11) is -3.75. The maximum absolute atomic E-state index is 12.4. The van der Waals surface area contributed by atoms with Crippen LogP contribution in [0.2, 0.25) is 0 Å². The molecule has 8 heteroatoms. The molecule has 0 saturated carbocycles. The van der Waals surface area contributed by atoms with E-state index in [0.29, 0.717) is 11.4 Å². The molecular formula is C18H20N2O5S. The summed E-state index contributed by atoms with van der Waals surface area (Å²) in [6.45, 7) is 3.84. The highest BCUT2D eigenvalue weighted by Crippen LogP contribution is 2.20. The summed E-state index contributed by atoms with van der Waals surface area (Å²) in [5, 5.41) is 11.1. The average molecular weight is 376 g/mol. The van der Waals surface area contributed by atoms with Crippen molar-refractivity contribution in [1.29, 1.82) is 0 Å². The van der Waals surface area contributed by atoms with Crippen molar-refractivity contribution in [2.75, 3.05) is 10.0 Å². The Bertz CT molecular complexity index is 921. The Kier molecular flexibility index (Phi) is 5.99. The van der Waals surface area contributed by atoms with Gasteiger partial charge in [-0.15, -0.1) is 0 Å². The van der Waals surface area contributed by atoms with E-state index < -0.39 is 21.9 Å². The van der Waals surface area contributed by atoms with Crippen molar-refractivity contribution >= 4 is 33.3 Å². The van der Waals surface area contributed by atoms with Crippen molar-refractivity contribution in [3.63, 3.8) is 0 Å². The number of aliphatic carboxylic acids is 1. The number of benzene rings is 2. The van der Waals surface area contributed by atoms with Crippen LogP contribution >= 0.6 is 0 Å². The van der Waals surface area contributed by atoms with Gasteiger partial charge in [0, 0.05) is 17.8 Å². The van der Waals surface area contributed by atoms with Crippen LogP contribution in [0.5, 0.6) is 0 Å². The lowest BCUT2D eigenvalue weighted by molar-refractivity contribution is -0.138. The third kappa shape index (κ3) is 5.32. The molecule has 0 heterocycles. The summed E-state index contributed by atoms with van der Waals surface area (Å²) in [6.07, 6.45) is -0.415. The van der Waals surface area contributed by atoms with Crippen LogP contribution in [0.15, 0.2) is 47.4 Å². The summed E-state index contributed by atoms with van der Waals surface area (Å²) >= 11 is 0.